The first-order chi connectivity index (χ1) is 8.09. The summed E-state index contributed by atoms with van der Waals surface area (Å²) < 4.78 is 2.25. The normalized spacial score (nSPS) is 12.3. The Morgan fingerprint density at radius 2 is 0.900 bits per heavy atom. The predicted octanol–water partition coefficient (Wildman–Crippen LogP) is -2.65. The highest BCUT2D eigenvalue weighted by atomic mass is 127. The Morgan fingerprint density at radius 1 is 0.650 bits per heavy atom. The minimum absolute atomic E-state index is 0. The summed E-state index contributed by atoms with van der Waals surface area (Å²) in [7, 11) is 13.4. The molecule has 0 rings (SSSR count). The Morgan fingerprint density at radius 3 is 1.10 bits per heavy atom. The molecule has 0 saturated heterocycles. The van der Waals surface area contributed by atoms with Gasteiger partial charge in [0.15, 0.2) is 0 Å². The van der Waals surface area contributed by atoms with Gasteiger partial charge in [0.25, 0.3) is 0 Å². The third kappa shape index (κ3) is 11.6. The van der Waals surface area contributed by atoms with Gasteiger partial charge < -0.3 is 56.9 Å². The van der Waals surface area contributed by atoms with E-state index in [0.717, 1.165) is 8.97 Å². The van der Waals surface area contributed by atoms with Gasteiger partial charge in [-0.15, -0.1) is 0 Å². The summed E-state index contributed by atoms with van der Waals surface area (Å²) in [5.41, 5.74) is 0. The van der Waals surface area contributed by atoms with Crippen molar-refractivity contribution >= 4 is 21.6 Å². The number of rotatable bonds is 9. The zero-order valence-corrected chi connectivity index (χ0v) is 20.4. The zero-order valence-electron chi connectivity index (χ0n) is 14.4. The fourth-order valence-corrected chi connectivity index (χ4v) is 3.66. The smallest absolute Gasteiger partial charge is 0.0884 e. The minimum atomic E-state index is 0. The number of quaternary nitrogens is 2. The molecule has 20 heavy (non-hydrogen) atoms. The average Bonchev–Trinajstić information content (AvgIpc) is 2.22. The van der Waals surface area contributed by atoms with Crippen molar-refractivity contribution in [2.24, 2.45) is 0 Å². The molecule has 2 nitrogen and oxygen atoms in total. The Kier molecular flexibility index (Phi) is 16.8. The molecule has 6 heteroatoms. The van der Waals surface area contributed by atoms with Crippen LogP contribution in [0.5, 0.6) is 0 Å². The number of halogens is 2. The molecule has 0 atom stereocenters. The molecule has 0 unspecified atom stereocenters. The molecule has 0 bridgehead atoms. The Bertz CT molecular complexity index is 211. The highest BCUT2D eigenvalue weighted by Gasteiger charge is 2.20. The number of hydrogen-bond donors (Lipinski definition) is 0. The van der Waals surface area contributed by atoms with Crippen LogP contribution in [0.25, 0.3) is 0 Å². The van der Waals surface area contributed by atoms with E-state index in [1.165, 1.54) is 24.6 Å². The van der Waals surface area contributed by atoms with Crippen LogP contribution >= 0.6 is 21.6 Å². The molecule has 0 saturated carbocycles. The first-order valence-corrected chi connectivity index (χ1v) is 9.48. The summed E-state index contributed by atoms with van der Waals surface area (Å²) in [4.78, 5) is 0. The van der Waals surface area contributed by atoms with Gasteiger partial charge in [0.1, 0.15) is 0 Å². The fraction of sp³-hybridized carbons (Fsp3) is 1.00. The van der Waals surface area contributed by atoms with E-state index in [1.54, 1.807) is 0 Å². The summed E-state index contributed by atoms with van der Waals surface area (Å²) in [5.74, 6) is 2.51. The van der Waals surface area contributed by atoms with Crippen LogP contribution in [0.1, 0.15) is 27.7 Å². The van der Waals surface area contributed by atoms with E-state index < -0.39 is 0 Å². The number of nitrogens with zero attached hydrogens (tertiary/aromatic N) is 2. The quantitative estimate of drug-likeness (QED) is 0.134. The van der Waals surface area contributed by atoms with Crippen molar-refractivity contribution < 1.29 is 56.9 Å². The van der Waals surface area contributed by atoms with E-state index >= 15 is 0 Å². The predicted molar refractivity (Wildman–Crippen MR) is 89.1 cm³/mol. The molecule has 0 aromatic carbocycles. The summed E-state index contributed by atoms with van der Waals surface area (Å²) >= 11 is 0. The molecule has 0 fully saturated rings. The Hall–Kier alpha value is 2.08. The maximum atomic E-state index is 2.33. The third-order valence-corrected chi connectivity index (χ3v) is 6.75. The molecular formula is C14H34I2N2S2. The van der Waals surface area contributed by atoms with Crippen molar-refractivity contribution in [1.82, 2.24) is 0 Å². The van der Waals surface area contributed by atoms with Gasteiger partial charge in [-0.3, -0.25) is 0 Å². The van der Waals surface area contributed by atoms with Gasteiger partial charge in [-0.25, -0.2) is 0 Å². The summed E-state index contributed by atoms with van der Waals surface area (Å²) in [6.45, 7) is 11.7. The van der Waals surface area contributed by atoms with Gasteiger partial charge >= 0.3 is 0 Å². The van der Waals surface area contributed by atoms with E-state index in [-0.39, 0.29) is 48.0 Å². The largest absolute Gasteiger partial charge is 1.00 e. The lowest BCUT2D eigenvalue weighted by Crippen LogP contribution is -3.00. The van der Waals surface area contributed by atoms with E-state index in [4.69, 9.17) is 0 Å². The minimum Gasteiger partial charge on any atom is -1.00 e. The van der Waals surface area contributed by atoms with Gasteiger partial charge in [0, 0.05) is 0 Å². The van der Waals surface area contributed by atoms with E-state index in [0.29, 0.717) is 12.1 Å². The molecule has 0 spiro atoms. The molecule has 0 aliphatic carbocycles. The van der Waals surface area contributed by atoms with Crippen molar-refractivity contribution in [3.05, 3.63) is 0 Å². The number of hydrogen-bond acceptors (Lipinski definition) is 2. The first kappa shape index (κ1) is 27.0. The SMILES string of the molecule is CC(C)[N+](C)(C)CCSSCC[N+](C)(C)C(C)C.[I-].[I-]. The summed E-state index contributed by atoms with van der Waals surface area (Å²) in [6, 6.07) is 1.43. The second kappa shape index (κ2) is 12.5. The van der Waals surface area contributed by atoms with Gasteiger partial charge in [-0.1, -0.05) is 21.6 Å². The Balaban J connectivity index is -0.00000144. The van der Waals surface area contributed by atoms with Gasteiger partial charge in [0.2, 0.25) is 0 Å². The molecule has 0 heterocycles. The van der Waals surface area contributed by atoms with Crippen molar-refractivity contribution in [1.29, 1.82) is 0 Å². The van der Waals surface area contributed by atoms with Crippen LogP contribution in [-0.2, 0) is 0 Å². The average molecular weight is 548 g/mol. The van der Waals surface area contributed by atoms with Crippen LogP contribution in [0.15, 0.2) is 0 Å². The molecule has 0 aliphatic heterocycles. The van der Waals surface area contributed by atoms with Crippen LogP contribution in [0, 0.1) is 0 Å². The monoisotopic (exact) mass is 548 g/mol. The van der Waals surface area contributed by atoms with Crippen LogP contribution in [-0.4, -0.2) is 73.8 Å². The van der Waals surface area contributed by atoms with Crippen LogP contribution < -0.4 is 48.0 Å². The van der Waals surface area contributed by atoms with E-state index in [2.05, 4.69) is 55.9 Å². The van der Waals surface area contributed by atoms with Gasteiger partial charge in [0.05, 0.1) is 64.9 Å². The standard InChI is InChI=1S/C14H34N2S2.2HI/c1-13(2)15(5,6)9-11-17-18-12-10-16(7,8)14(3)4;;/h13-14H,9-12H2,1-8H3;2*1H/q+2;;/p-2. The highest BCUT2D eigenvalue weighted by Crippen LogP contribution is 2.23. The maximum Gasteiger partial charge on any atom is 0.0884 e. The molecule has 126 valence electrons. The molecular weight excluding hydrogens is 514 g/mol. The molecule has 0 amide bonds. The first-order valence-electron chi connectivity index (χ1n) is 6.99. The molecule has 0 N–H and O–H groups in total. The highest BCUT2D eigenvalue weighted by molar-refractivity contribution is 8.76. The molecule has 0 aromatic rings. The van der Waals surface area contributed by atoms with Crippen LogP contribution in [0.2, 0.25) is 0 Å². The van der Waals surface area contributed by atoms with Crippen LogP contribution in [0.4, 0.5) is 0 Å². The summed E-state index contributed by atoms with van der Waals surface area (Å²) in [5, 5.41) is 0. The molecule has 0 radical (unpaired) electrons. The maximum absolute atomic E-state index is 2.33. The zero-order chi connectivity index (χ0) is 14.4. The van der Waals surface area contributed by atoms with Crippen molar-refractivity contribution in [3.63, 3.8) is 0 Å². The second-order valence-corrected chi connectivity index (χ2v) is 9.54. The van der Waals surface area contributed by atoms with E-state index in [1.807, 2.05) is 21.6 Å². The lowest BCUT2D eigenvalue weighted by atomic mass is 10.3. The molecule has 0 aromatic heterocycles. The lowest BCUT2D eigenvalue weighted by molar-refractivity contribution is -0.908. The fourth-order valence-electron chi connectivity index (χ4n) is 1.18. The van der Waals surface area contributed by atoms with Crippen molar-refractivity contribution in [3.8, 4) is 0 Å². The van der Waals surface area contributed by atoms with Crippen molar-refractivity contribution in [2.75, 3.05) is 52.8 Å². The van der Waals surface area contributed by atoms with E-state index in [9.17, 15) is 0 Å². The third-order valence-electron chi connectivity index (χ3n) is 4.38. The topological polar surface area (TPSA) is 0 Å². The Labute approximate surface area is 169 Å². The van der Waals surface area contributed by atoms with Gasteiger partial charge in [-0.2, -0.15) is 0 Å². The second-order valence-electron chi connectivity index (χ2n) is 6.84. The van der Waals surface area contributed by atoms with Gasteiger partial charge in [-0.05, 0) is 27.7 Å². The van der Waals surface area contributed by atoms with Crippen LogP contribution in [0.3, 0.4) is 0 Å². The molecule has 0 aliphatic rings. The lowest BCUT2D eigenvalue weighted by Gasteiger charge is -2.34. The summed E-state index contributed by atoms with van der Waals surface area (Å²) in [6.07, 6.45) is 0. The van der Waals surface area contributed by atoms with Crippen molar-refractivity contribution in [2.45, 2.75) is 39.8 Å².